The highest BCUT2D eigenvalue weighted by molar-refractivity contribution is 6.30. The lowest BCUT2D eigenvalue weighted by Crippen LogP contribution is -2.48. The van der Waals surface area contributed by atoms with Crippen LogP contribution in [0, 0.1) is 6.92 Å². The Labute approximate surface area is 183 Å². The summed E-state index contributed by atoms with van der Waals surface area (Å²) in [5.74, 6) is 0.605. The number of halogens is 1. The molecule has 0 radical (unpaired) electrons. The summed E-state index contributed by atoms with van der Waals surface area (Å²) in [5.41, 5.74) is 4.51. The minimum Gasteiger partial charge on any atom is -0.350 e. The standard InChI is InChI=1S/C22H20ClN7O/c1-14-20(23)26-13-27-21(14)29-12-16-5-3-2-4-15(16)8-17(29)9-25-22(31)18-10-28-30-7-6-24-11-19(18)30/h2-7,10-11,13,17H,8-9,12H2,1H3,(H,25,31). The van der Waals surface area contributed by atoms with Crippen LogP contribution in [0.1, 0.15) is 27.0 Å². The van der Waals surface area contributed by atoms with Crippen molar-refractivity contribution in [3.8, 4) is 0 Å². The Bertz CT molecular complexity index is 1270. The van der Waals surface area contributed by atoms with Crippen molar-refractivity contribution in [1.82, 2.24) is 29.9 Å². The summed E-state index contributed by atoms with van der Waals surface area (Å²) in [7, 11) is 0. The van der Waals surface area contributed by atoms with Gasteiger partial charge in [-0.25, -0.2) is 14.5 Å². The molecule has 1 N–H and O–H groups in total. The van der Waals surface area contributed by atoms with Gasteiger partial charge in [-0.15, -0.1) is 0 Å². The molecule has 1 amide bonds. The van der Waals surface area contributed by atoms with E-state index in [1.807, 2.05) is 19.1 Å². The van der Waals surface area contributed by atoms with E-state index in [0.717, 1.165) is 17.8 Å². The predicted octanol–water partition coefficient (Wildman–Crippen LogP) is 2.84. The quantitative estimate of drug-likeness (QED) is 0.498. The van der Waals surface area contributed by atoms with E-state index in [0.29, 0.717) is 29.3 Å². The van der Waals surface area contributed by atoms with Crippen molar-refractivity contribution in [3.05, 3.63) is 82.8 Å². The predicted molar refractivity (Wildman–Crippen MR) is 117 cm³/mol. The number of rotatable bonds is 4. The molecule has 1 aromatic carbocycles. The number of hydrogen-bond acceptors (Lipinski definition) is 6. The first-order valence-electron chi connectivity index (χ1n) is 9.98. The lowest BCUT2D eigenvalue weighted by atomic mass is 9.93. The molecule has 4 aromatic rings. The first-order chi connectivity index (χ1) is 15.1. The molecule has 0 saturated heterocycles. The van der Waals surface area contributed by atoms with Crippen LogP contribution in [0.25, 0.3) is 5.52 Å². The SMILES string of the molecule is Cc1c(Cl)ncnc1N1Cc2ccccc2CC1CNC(=O)c1cnn2ccncc12. The van der Waals surface area contributed by atoms with E-state index in [2.05, 4.69) is 42.4 Å². The Kier molecular flexibility index (Phi) is 4.99. The Morgan fingerprint density at radius 1 is 1.23 bits per heavy atom. The number of anilines is 1. The maximum absolute atomic E-state index is 12.9. The van der Waals surface area contributed by atoms with Crippen molar-refractivity contribution in [1.29, 1.82) is 0 Å². The summed E-state index contributed by atoms with van der Waals surface area (Å²) in [4.78, 5) is 27.8. The van der Waals surface area contributed by atoms with Gasteiger partial charge in [0.15, 0.2) is 0 Å². The van der Waals surface area contributed by atoms with Crippen molar-refractivity contribution >= 4 is 28.8 Å². The summed E-state index contributed by atoms with van der Waals surface area (Å²) in [6, 6.07) is 8.36. The van der Waals surface area contributed by atoms with E-state index >= 15 is 0 Å². The topological polar surface area (TPSA) is 88.3 Å². The molecule has 0 fully saturated rings. The van der Waals surface area contributed by atoms with Crippen LogP contribution < -0.4 is 10.2 Å². The molecule has 3 aromatic heterocycles. The Morgan fingerprint density at radius 3 is 2.94 bits per heavy atom. The molecule has 1 aliphatic heterocycles. The molecule has 9 heteroatoms. The van der Waals surface area contributed by atoms with Gasteiger partial charge < -0.3 is 10.2 Å². The average molecular weight is 434 g/mol. The maximum atomic E-state index is 12.9. The van der Waals surface area contributed by atoms with Gasteiger partial charge in [0, 0.05) is 31.0 Å². The van der Waals surface area contributed by atoms with Crippen molar-refractivity contribution in [2.75, 3.05) is 11.4 Å². The molecule has 0 spiro atoms. The minimum absolute atomic E-state index is 0.0171. The molecule has 31 heavy (non-hydrogen) atoms. The molecule has 1 atom stereocenters. The van der Waals surface area contributed by atoms with Gasteiger partial charge >= 0.3 is 0 Å². The Hall–Kier alpha value is -3.52. The zero-order valence-corrected chi connectivity index (χ0v) is 17.6. The van der Waals surface area contributed by atoms with Gasteiger partial charge in [0.05, 0.1) is 29.5 Å². The normalized spacial score (nSPS) is 15.7. The first kappa shape index (κ1) is 19.4. The van der Waals surface area contributed by atoms with E-state index in [9.17, 15) is 4.79 Å². The number of hydrogen-bond donors (Lipinski definition) is 1. The summed E-state index contributed by atoms with van der Waals surface area (Å²) in [5, 5.41) is 7.73. The third kappa shape index (κ3) is 3.59. The molecular weight excluding hydrogens is 414 g/mol. The van der Waals surface area contributed by atoms with Crippen LogP contribution in [0.2, 0.25) is 5.15 Å². The molecule has 8 nitrogen and oxygen atoms in total. The Morgan fingerprint density at radius 2 is 2.06 bits per heavy atom. The number of carbonyl (C=O) groups excluding carboxylic acids is 1. The van der Waals surface area contributed by atoms with Crippen LogP contribution in [-0.4, -0.2) is 43.1 Å². The fourth-order valence-electron chi connectivity index (χ4n) is 4.04. The smallest absolute Gasteiger partial charge is 0.255 e. The van der Waals surface area contributed by atoms with E-state index in [1.165, 1.54) is 17.5 Å². The van der Waals surface area contributed by atoms with Gasteiger partial charge in [-0.2, -0.15) is 5.10 Å². The van der Waals surface area contributed by atoms with Gasteiger partial charge in [0.1, 0.15) is 17.3 Å². The number of amides is 1. The number of benzene rings is 1. The van der Waals surface area contributed by atoms with E-state index in [-0.39, 0.29) is 11.9 Å². The third-order valence-electron chi connectivity index (χ3n) is 5.69. The van der Waals surface area contributed by atoms with Gasteiger partial charge in [0.25, 0.3) is 5.91 Å². The van der Waals surface area contributed by atoms with Gasteiger partial charge in [-0.05, 0) is 24.5 Å². The van der Waals surface area contributed by atoms with Crippen molar-refractivity contribution in [2.45, 2.75) is 25.9 Å². The summed E-state index contributed by atoms with van der Waals surface area (Å²) in [6.45, 7) is 3.05. The molecule has 156 valence electrons. The van der Waals surface area contributed by atoms with Crippen molar-refractivity contribution < 1.29 is 4.79 Å². The van der Waals surface area contributed by atoms with Crippen LogP contribution in [-0.2, 0) is 13.0 Å². The first-order valence-corrected chi connectivity index (χ1v) is 10.4. The summed E-state index contributed by atoms with van der Waals surface area (Å²) < 4.78 is 1.64. The highest BCUT2D eigenvalue weighted by Gasteiger charge is 2.29. The molecule has 1 aliphatic rings. The molecule has 1 unspecified atom stereocenters. The highest BCUT2D eigenvalue weighted by atomic mass is 35.5. The van der Waals surface area contributed by atoms with Gasteiger partial charge in [-0.3, -0.25) is 9.78 Å². The molecule has 0 saturated carbocycles. The second-order valence-electron chi connectivity index (χ2n) is 7.54. The second-order valence-corrected chi connectivity index (χ2v) is 7.90. The Balaban J connectivity index is 1.42. The monoisotopic (exact) mass is 433 g/mol. The van der Waals surface area contributed by atoms with E-state index in [1.54, 1.807) is 29.3 Å². The molecule has 5 rings (SSSR count). The van der Waals surface area contributed by atoms with Crippen molar-refractivity contribution in [3.63, 3.8) is 0 Å². The number of carbonyl (C=O) groups is 1. The number of aromatic nitrogens is 5. The lowest BCUT2D eigenvalue weighted by Gasteiger charge is -2.38. The van der Waals surface area contributed by atoms with E-state index in [4.69, 9.17) is 11.6 Å². The average Bonchev–Trinajstić information content (AvgIpc) is 3.23. The number of fused-ring (bicyclic) bond motifs is 2. The van der Waals surface area contributed by atoms with Crippen LogP contribution >= 0.6 is 11.6 Å². The van der Waals surface area contributed by atoms with Crippen LogP contribution in [0.4, 0.5) is 5.82 Å². The maximum Gasteiger partial charge on any atom is 0.255 e. The largest absolute Gasteiger partial charge is 0.350 e. The lowest BCUT2D eigenvalue weighted by molar-refractivity contribution is 0.0952. The molecule has 0 aliphatic carbocycles. The van der Waals surface area contributed by atoms with E-state index < -0.39 is 0 Å². The fourth-order valence-corrected chi connectivity index (χ4v) is 4.17. The van der Waals surface area contributed by atoms with Gasteiger partial charge in [0.2, 0.25) is 0 Å². The third-order valence-corrected chi connectivity index (χ3v) is 6.07. The second kappa shape index (κ2) is 7.96. The fraction of sp³-hybridized carbons (Fsp3) is 0.227. The summed E-state index contributed by atoms with van der Waals surface area (Å²) >= 11 is 6.27. The van der Waals surface area contributed by atoms with Crippen LogP contribution in [0.5, 0.6) is 0 Å². The van der Waals surface area contributed by atoms with Crippen LogP contribution in [0.3, 0.4) is 0 Å². The number of nitrogens with one attached hydrogen (secondary N) is 1. The zero-order valence-electron chi connectivity index (χ0n) is 16.9. The zero-order chi connectivity index (χ0) is 21.4. The number of nitrogens with zero attached hydrogens (tertiary/aromatic N) is 6. The van der Waals surface area contributed by atoms with Crippen LogP contribution in [0.15, 0.2) is 55.4 Å². The molecule has 0 bridgehead atoms. The minimum atomic E-state index is -0.181. The van der Waals surface area contributed by atoms with Crippen molar-refractivity contribution in [2.24, 2.45) is 0 Å². The molecular formula is C22H20ClN7O. The summed E-state index contributed by atoms with van der Waals surface area (Å²) in [6.07, 6.45) is 8.81. The highest BCUT2D eigenvalue weighted by Crippen LogP contribution is 2.30. The van der Waals surface area contributed by atoms with Gasteiger partial charge in [-0.1, -0.05) is 35.9 Å². The molecule has 4 heterocycles.